The summed E-state index contributed by atoms with van der Waals surface area (Å²) in [4.78, 5) is 6.98. The molecular formula is C13H21N3. The summed E-state index contributed by atoms with van der Waals surface area (Å²) in [6.45, 7) is 6.08. The van der Waals surface area contributed by atoms with Crippen LogP contribution in [0.15, 0.2) is 12.3 Å². The van der Waals surface area contributed by atoms with Crippen LogP contribution in [-0.4, -0.2) is 17.6 Å². The first kappa shape index (κ1) is 11.4. The van der Waals surface area contributed by atoms with Gasteiger partial charge in [-0.25, -0.2) is 4.98 Å². The van der Waals surface area contributed by atoms with Crippen molar-refractivity contribution in [2.24, 2.45) is 5.73 Å². The molecule has 0 radical (unpaired) electrons. The Morgan fingerprint density at radius 2 is 2.38 bits per heavy atom. The van der Waals surface area contributed by atoms with Gasteiger partial charge in [-0.3, -0.25) is 0 Å². The van der Waals surface area contributed by atoms with E-state index in [2.05, 4.69) is 23.7 Å². The molecule has 2 N–H and O–H groups in total. The molecule has 16 heavy (non-hydrogen) atoms. The highest BCUT2D eigenvalue weighted by Crippen LogP contribution is 2.29. The van der Waals surface area contributed by atoms with Gasteiger partial charge in [0.15, 0.2) is 0 Å². The van der Waals surface area contributed by atoms with Crippen LogP contribution in [0.4, 0.5) is 5.82 Å². The smallest absolute Gasteiger partial charge is 0.133 e. The number of hydrogen-bond acceptors (Lipinski definition) is 3. The average molecular weight is 219 g/mol. The zero-order chi connectivity index (χ0) is 11.5. The van der Waals surface area contributed by atoms with Crippen LogP contribution in [0.25, 0.3) is 0 Å². The highest BCUT2D eigenvalue weighted by molar-refractivity contribution is 5.51. The number of rotatable bonds is 3. The summed E-state index contributed by atoms with van der Waals surface area (Å²) >= 11 is 0. The predicted octanol–water partition coefficient (Wildman–Crippen LogP) is 2.23. The number of nitrogens with two attached hydrogens (primary N) is 1. The molecule has 1 unspecified atom stereocenters. The molecule has 3 heteroatoms. The number of pyridine rings is 1. The van der Waals surface area contributed by atoms with Gasteiger partial charge in [-0.1, -0.05) is 6.92 Å². The maximum absolute atomic E-state index is 5.84. The first-order valence-corrected chi connectivity index (χ1v) is 6.19. The lowest BCUT2D eigenvalue weighted by Crippen LogP contribution is -2.30. The molecule has 0 aliphatic carbocycles. The summed E-state index contributed by atoms with van der Waals surface area (Å²) < 4.78 is 0. The molecule has 0 amide bonds. The van der Waals surface area contributed by atoms with Crippen LogP contribution in [0, 0.1) is 6.92 Å². The van der Waals surface area contributed by atoms with Crippen LogP contribution < -0.4 is 10.6 Å². The van der Waals surface area contributed by atoms with Crippen molar-refractivity contribution in [3.05, 3.63) is 23.4 Å². The van der Waals surface area contributed by atoms with Gasteiger partial charge < -0.3 is 10.6 Å². The second-order valence-electron chi connectivity index (χ2n) is 4.53. The lowest BCUT2D eigenvalue weighted by molar-refractivity contribution is 0.638. The molecule has 1 atom stereocenters. The minimum absolute atomic E-state index is 0.585. The van der Waals surface area contributed by atoms with E-state index in [0.29, 0.717) is 12.6 Å². The van der Waals surface area contributed by atoms with Crippen LogP contribution in [0.3, 0.4) is 0 Å². The van der Waals surface area contributed by atoms with Crippen molar-refractivity contribution in [3.8, 4) is 0 Å². The summed E-state index contributed by atoms with van der Waals surface area (Å²) in [6.07, 6.45) is 5.66. The van der Waals surface area contributed by atoms with Crippen molar-refractivity contribution in [2.45, 2.75) is 45.7 Å². The molecule has 1 aromatic rings. The van der Waals surface area contributed by atoms with Gasteiger partial charge in [-0.05, 0) is 37.8 Å². The monoisotopic (exact) mass is 219 g/mol. The van der Waals surface area contributed by atoms with Crippen LogP contribution in [0.1, 0.15) is 37.3 Å². The molecule has 1 aliphatic rings. The molecule has 3 nitrogen and oxygen atoms in total. The molecule has 2 rings (SSSR count). The van der Waals surface area contributed by atoms with E-state index in [4.69, 9.17) is 5.73 Å². The fourth-order valence-corrected chi connectivity index (χ4v) is 2.61. The minimum Gasteiger partial charge on any atom is -0.353 e. The molecule has 0 aromatic carbocycles. The fourth-order valence-electron chi connectivity index (χ4n) is 2.61. The molecule has 88 valence electrons. The van der Waals surface area contributed by atoms with Crippen LogP contribution in [0.2, 0.25) is 0 Å². The highest BCUT2D eigenvalue weighted by atomic mass is 15.2. The average Bonchev–Trinajstić information content (AvgIpc) is 2.76. The van der Waals surface area contributed by atoms with E-state index in [-0.39, 0.29) is 0 Å². The normalized spacial score (nSPS) is 20.4. The molecule has 1 aliphatic heterocycles. The van der Waals surface area contributed by atoms with Gasteiger partial charge in [-0.2, -0.15) is 0 Å². The number of aromatic nitrogens is 1. The van der Waals surface area contributed by atoms with E-state index < -0.39 is 0 Å². The summed E-state index contributed by atoms with van der Waals surface area (Å²) in [7, 11) is 0. The van der Waals surface area contributed by atoms with Crippen molar-refractivity contribution in [1.82, 2.24) is 4.98 Å². The van der Waals surface area contributed by atoms with Crippen LogP contribution in [-0.2, 0) is 6.54 Å². The molecule has 0 bridgehead atoms. The Bertz CT molecular complexity index is 362. The van der Waals surface area contributed by atoms with Gasteiger partial charge >= 0.3 is 0 Å². The van der Waals surface area contributed by atoms with Crippen LogP contribution >= 0.6 is 0 Å². The number of nitrogens with zero attached hydrogens (tertiary/aromatic N) is 2. The zero-order valence-electron chi connectivity index (χ0n) is 10.2. The quantitative estimate of drug-likeness (QED) is 0.847. The summed E-state index contributed by atoms with van der Waals surface area (Å²) in [5, 5.41) is 0. The first-order chi connectivity index (χ1) is 7.77. The van der Waals surface area contributed by atoms with E-state index in [9.17, 15) is 0 Å². The van der Waals surface area contributed by atoms with Crippen molar-refractivity contribution in [1.29, 1.82) is 0 Å². The number of aryl methyl sites for hydroxylation is 1. The van der Waals surface area contributed by atoms with Gasteiger partial charge in [-0.15, -0.1) is 0 Å². The maximum Gasteiger partial charge on any atom is 0.133 e. The summed E-state index contributed by atoms with van der Waals surface area (Å²) in [6, 6.07) is 2.70. The zero-order valence-corrected chi connectivity index (χ0v) is 10.2. The Morgan fingerprint density at radius 3 is 3.06 bits per heavy atom. The van der Waals surface area contributed by atoms with E-state index in [1.54, 1.807) is 0 Å². The molecule has 1 saturated heterocycles. The van der Waals surface area contributed by atoms with Gasteiger partial charge in [0.05, 0.1) is 0 Å². The third-order valence-electron chi connectivity index (χ3n) is 3.59. The van der Waals surface area contributed by atoms with Gasteiger partial charge in [0, 0.05) is 30.9 Å². The van der Waals surface area contributed by atoms with Gasteiger partial charge in [0.2, 0.25) is 0 Å². The van der Waals surface area contributed by atoms with Crippen molar-refractivity contribution < 1.29 is 0 Å². The Labute approximate surface area is 97.7 Å². The summed E-state index contributed by atoms with van der Waals surface area (Å²) in [5.41, 5.74) is 8.31. The topological polar surface area (TPSA) is 42.2 Å². The molecule has 0 spiro atoms. The van der Waals surface area contributed by atoms with E-state index in [1.807, 2.05) is 12.3 Å². The molecule has 2 heterocycles. The highest BCUT2D eigenvalue weighted by Gasteiger charge is 2.25. The summed E-state index contributed by atoms with van der Waals surface area (Å²) in [5.74, 6) is 1.12. The largest absolute Gasteiger partial charge is 0.353 e. The van der Waals surface area contributed by atoms with Crippen molar-refractivity contribution >= 4 is 5.82 Å². The van der Waals surface area contributed by atoms with Gasteiger partial charge in [0.25, 0.3) is 0 Å². The Balaban J connectivity index is 2.35. The number of anilines is 1. The van der Waals surface area contributed by atoms with Crippen LogP contribution in [0.5, 0.6) is 0 Å². The second-order valence-corrected chi connectivity index (χ2v) is 4.53. The number of hydrogen-bond donors (Lipinski definition) is 1. The van der Waals surface area contributed by atoms with Crippen molar-refractivity contribution in [3.63, 3.8) is 0 Å². The first-order valence-electron chi connectivity index (χ1n) is 6.19. The minimum atomic E-state index is 0.585. The molecular weight excluding hydrogens is 198 g/mol. The van der Waals surface area contributed by atoms with Crippen molar-refractivity contribution in [2.75, 3.05) is 11.4 Å². The SMILES string of the molecule is CCC1CCCN1c1nccc(C)c1CN. The predicted molar refractivity (Wildman–Crippen MR) is 67.5 cm³/mol. The Kier molecular flexibility index (Phi) is 3.44. The standard InChI is InChI=1S/C13H21N3/c1-3-11-5-4-8-16(11)13-12(9-14)10(2)6-7-15-13/h6-7,11H,3-5,8-9,14H2,1-2H3. The molecule has 1 fully saturated rings. The lowest BCUT2D eigenvalue weighted by atomic mass is 10.1. The third kappa shape index (κ3) is 1.92. The van der Waals surface area contributed by atoms with Gasteiger partial charge in [0.1, 0.15) is 5.82 Å². The second kappa shape index (κ2) is 4.83. The van der Waals surface area contributed by atoms with E-state index in [1.165, 1.54) is 30.4 Å². The van der Waals surface area contributed by atoms with E-state index in [0.717, 1.165) is 12.4 Å². The third-order valence-corrected chi connectivity index (χ3v) is 3.59. The molecule has 0 saturated carbocycles. The van der Waals surface area contributed by atoms with E-state index >= 15 is 0 Å². The Hall–Kier alpha value is -1.09. The Morgan fingerprint density at radius 1 is 1.56 bits per heavy atom. The lowest BCUT2D eigenvalue weighted by Gasteiger charge is -2.27. The fraction of sp³-hybridized carbons (Fsp3) is 0.615. The maximum atomic E-state index is 5.84. The molecule has 1 aromatic heterocycles.